The Morgan fingerprint density at radius 1 is 0.920 bits per heavy atom. The largest absolute Gasteiger partial charge is 0.459 e. The van der Waals surface area contributed by atoms with Crippen molar-refractivity contribution in [2.75, 3.05) is 66.1 Å². The first-order chi connectivity index (χ1) is 35.4. The Morgan fingerprint density at radius 2 is 1.60 bits per heavy atom. The van der Waals surface area contributed by atoms with Crippen LogP contribution >= 0.6 is 0 Å². The number of hydrogen-bond acceptors (Lipinski definition) is 17. The van der Waals surface area contributed by atoms with Crippen LogP contribution in [0.3, 0.4) is 0 Å². The first kappa shape index (κ1) is 61.3. The van der Waals surface area contributed by atoms with Crippen LogP contribution in [0.1, 0.15) is 144 Å². The van der Waals surface area contributed by atoms with Gasteiger partial charge in [-0.15, -0.1) is 5.10 Å². The Bertz CT molecular complexity index is 2060. The highest BCUT2D eigenvalue weighted by atomic mass is 19.1. The van der Waals surface area contributed by atoms with Crippen molar-refractivity contribution in [2.45, 2.75) is 223 Å². The van der Waals surface area contributed by atoms with Gasteiger partial charge in [0.05, 0.1) is 47.2 Å². The maximum absolute atomic E-state index is 14.9. The standard InChI is InChI=1S/C56H95FN6O12/c1-15-45-56(10,68)50(64)38(6)61(12)32-34(2)29-54(8,67)52(36(4)48(37(5)53(66)73-45)74-47-30-55(9,70-14)51(65)39(7)72-47)75-46-28-43(27-35(3)71-46)60(11)26-23-41-33-63(59-58-41)44(31-57)49(69-13)40-19-21-42(22-20-40)62-24-17-16-18-25-62/h19-22,33-39,43-52,64-65,67-68H,15-18,23-32H2,1-14H3/t34-,35-,36+,37-,38-,39+,43+,44-,45-,46+,47+,48+,49-,50-,51+,52-,54-,55-,56-/m1/s1. The van der Waals surface area contributed by atoms with E-state index in [1.54, 1.807) is 46.4 Å². The maximum atomic E-state index is 14.9. The Labute approximate surface area is 446 Å². The number of carbonyl (C=O) groups is 1. The number of halogens is 1. The maximum Gasteiger partial charge on any atom is 0.311 e. The molecule has 0 unspecified atom stereocenters. The SMILES string of the molecule is CC[C@H]1OC(=O)[C@H](C)[C@@H](O[C@H]2C[C@@](C)(OC)[C@@H](O)[C@H](C)O2)[C@H](C)[C@@H](O[C@H]2C[C@@H](N(C)CCc3cn([C@H](CF)[C@H](OC)c4ccc(N5CCCCC5)cc4)nn3)C[C@@H](C)O2)[C@](C)(O)C[C@@H](C)CN(C)[C@H](C)[C@@H](O)[C@]1(C)O. The van der Waals surface area contributed by atoms with Crippen LogP contribution in [0.15, 0.2) is 30.5 Å². The van der Waals surface area contributed by atoms with Crippen LogP contribution in [0.2, 0.25) is 0 Å². The Balaban J connectivity index is 1.22. The fourth-order valence-corrected chi connectivity index (χ4v) is 12.5. The average Bonchev–Trinajstić information content (AvgIpc) is 3.86. The zero-order chi connectivity index (χ0) is 55.2. The molecule has 0 radical (unpaired) electrons. The first-order valence-electron chi connectivity index (χ1n) is 27.8. The van der Waals surface area contributed by atoms with Gasteiger partial charge in [0.1, 0.15) is 42.7 Å². The van der Waals surface area contributed by atoms with Crippen LogP contribution in [0, 0.1) is 17.8 Å². The van der Waals surface area contributed by atoms with E-state index in [9.17, 15) is 29.6 Å². The van der Waals surface area contributed by atoms with Gasteiger partial charge in [0, 0.05) is 89.5 Å². The molecule has 19 atom stereocenters. The van der Waals surface area contributed by atoms with E-state index in [0.717, 1.165) is 30.0 Å². The molecular formula is C56H95FN6O12. The van der Waals surface area contributed by atoms with Gasteiger partial charge in [0.2, 0.25) is 0 Å². The lowest BCUT2D eigenvalue weighted by molar-refractivity contribution is -0.308. The Kier molecular flexibility index (Phi) is 21.5. The third-order valence-electron chi connectivity index (χ3n) is 17.3. The van der Waals surface area contributed by atoms with Gasteiger partial charge >= 0.3 is 5.97 Å². The second kappa shape index (κ2) is 26.4. The predicted octanol–water partition coefficient (Wildman–Crippen LogP) is 6.02. The Hall–Kier alpha value is -2.92. The number of aromatic nitrogens is 3. The van der Waals surface area contributed by atoms with Crippen LogP contribution in [0.25, 0.3) is 0 Å². The molecule has 0 spiro atoms. The van der Waals surface area contributed by atoms with Crippen molar-refractivity contribution >= 4 is 11.7 Å². The Morgan fingerprint density at radius 3 is 2.23 bits per heavy atom. The summed E-state index contributed by atoms with van der Waals surface area (Å²) in [4.78, 5) is 21.1. The molecule has 2 aromatic rings. The molecule has 4 aliphatic rings. The van der Waals surface area contributed by atoms with Gasteiger partial charge in [0.15, 0.2) is 12.6 Å². The van der Waals surface area contributed by atoms with E-state index >= 15 is 0 Å². The topological polar surface area (TPSA) is 203 Å². The fraction of sp³-hybridized carbons (Fsp3) is 0.839. The molecule has 428 valence electrons. The highest BCUT2D eigenvalue weighted by Gasteiger charge is 2.52. The third-order valence-corrected chi connectivity index (χ3v) is 17.3. The summed E-state index contributed by atoms with van der Waals surface area (Å²) in [6, 6.07) is 6.96. The van der Waals surface area contributed by atoms with E-state index in [1.807, 2.05) is 58.0 Å². The third kappa shape index (κ3) is 14.7. The van der Waals surface area contributed by atoms with Gasteiger partial charge < -0.3 is 68.3 Å². The summed E-state index contributed by atoms with van der Waals surface area (Å²) in [5.41, 5.74) is -1.63. The molecular weight excluding hydrogens is 968 g/mol. The number of methoxy groups -OCH3 is 2. The zero-order valence-corrected chi connectivity index (χ0v) is 47.6. The number of piperidine rings is 1. The van der Waals surface area contributed by atoms with E-state index in [0.29, 0.717) is 32.4 Å². The summed E-state index contributed by atoms with van der Waals surface area (Å²) >= 11 is 0. The van der Waals surface area contributed by atoms with E-state index < -0.39 is 109 Å². The van der Waals surface area contributed by atoms with Crippen molar-refractivity contribution in [1.82, 2.24) is 24.8 Å². The van der Waals surface area contributed by atoms with Gasteiger partial charge in [-0.3, -0.25) is 4.79 Å². The molecule has 5 heterocycles. The molecule has 4 N–H and O–H groups in total. The number of rotatable bonds is 16. The summed E-state index contributed by atoms with van der Waals surface area (Å²) in [5, 5.41) is 56.5. The number of esters is 1. The van der Waals surface area contributed by atoms with Crippen LogP contribution in [0.5, 0.6) is 0 Å². The lowest BCUT2D eigenvalue weighted by Crippen LogP contribution is -2.59. The van der Waals surface area contributed by atoms with Gasteiger partial charge in [0.25, 0.3) is 0 Å². The molecule has 18 nitrogen and oxygen atoms in total. The second-order valence-corrected chi connectivity index (χ2v) is 23.5. The molecule has 0 aliphatic carbocycles. The second-order valence-electron chi connectivity index (χ2n) is 23.5. The van der Waals surface area contributed by atoms with Crippen molar-refractivity contribution in [1.29, 1.82) is 0 Å². The van der Waals surface area contributed by atoms with Crippen LogP contribution in [-0.2, 0) is 44.4 Å². The summed E-state index contributed by atoms with van der Waals surface area (Å²) in [7, 11) is 7.03. The lowest BCUT2D eigenvalue weighted by atomic mass is 9.77. The molecule has 4 aliphatic heterocycles. The average molecular weight is 1060 g/mol. The molecule has 0 bridgehead atoms. The number of aliphatic hydroxyl groups is 4. The minimum absolute atomic E-state index is 0.00356. The lowest BCUT2D eigenvalue weighted by Gasteiger charge is -2.48. The molecule has 0 saturated carbocycles. The van der Waals surface area contributed by atoms with Crippen LogP contribution in [-0.4, -0.2) is 197 Å². The van der Waals surface area contributed by atoms with Crippen molar-refractivity contribution < 1.29 is 62.8 Å². The van der Waals surface area contributed by atoms with E-state index in [1.165, 1.54) is 33.3 Å². The van der Waals surface area contributed by atoms with Gasteiger partial charge in [-0.25, -0.2) is 9.07 Å². The first-order valence-corrected chi connectivity index (χ1v) is 27.8. The molecule has 75 heavy (non-hydrogen) atoms. The molecule has 4 fully saturated rings. The number of alkyl halides is 1. The van der Waals surface area contributed by atoms with Crippen molar-refractivity contribution in [3.63, 3.8) is 0 Å². The van der Waals surface area contributed by atoms with Crippen molar-refractivity contribution in [2.24, 2.45) is 17.8 Å². The van der Waals surface area contributed by atoms with E-state index in [-0.39, 0.29) is 37.3 Å². The number of hydrogen-bond donors (Lipinski definition) is 4. The minimum atomic E-state index is -1.82. The number of aliphatic hydroxyl groups excluding tert-OH is 2. The fourth-order valence-electron chi connectivity index (χ4n) is 12.5. The number of nitrogens with zero attached hydrogens (tertiary/aromatic N) is 6. The highest BCUT2D eigenvalue weighted by Crippen LogP contribution is 2.41. The van der Waals surface area contributed by atoms with E-state index in [2.05, 4.69) is 39.3 Å². The number of cyclic esters (lactones) is 1. The number of ether oxygens (including phenoxy) is 7. The molecule has 19 heteroatoms. The number of benzene rings is 1. The monoisotopic (exact) mass is 1060 g/mol. The quantitative estimate of drug-likeness (QED) is 0.142. The number of carbonyl (C=O) groups excluding carboxylic acids is 1. The van der Waals surface area contributed by atoms with Gasteiger partial charge in [-0.05, 0) is 125 Å². The van der Waals surface area contributed by atoms with Crippen molar-refractivity contribution in [3.8, 4) is 0 Å². The van der Waals surface area contributed by atoms with Crippen LogP contribution < -0.4 is 4.90 Å². The van der Waals surface area contributed by atoms with Gasteiger partial charge in [-0.1, -0.05) is 38.1 Å². The number of likely N-dealkylation sites (N-methyl/N-ethyl adjacent to an activating group) is 2. The summed E-state index contributed by atoms with van der Waals surface area (Å²) in [5.74, 6) is -2.54. The molecule has 1 aromatic heterocycles. The minimum Gasteiger partial charge on any atom is -0.459 e. The summed E-state index contributed by atoms with van der Waals surface area (Å²) in [6.45, 7) is 20.4. The molecule has 6 rings (SSSR count). The summed E-state index contributed by atoms with van der Waals surface area (Å²) < 4.78 is 61.2. The normalized spacial score (nSPS) is 39.1. The predicted molar refractivity (Wildman–Crippen MR) is 283 cm³/mol. The van der Waals surface area contributed by atoms with Crippen molar-refractivity contribution in [3.05, 3.63) is 41.7 Å². The smallest absolute Gasteiger partial charge is 0.311 e. The molecule has 0 amide bonds. The summed E-state index contributed by atoms with van der Waals surface area (Å²) in [6.07, 6.45) is -0.754. The molecule has 4 saturated heterocycles. The molecule has 1 aromatic carbocycles. The zero-order valence-electron chi connectivity index (χ0n) is 47.6. The van der Waals surface area contributed by atoms with E-state index in [4.69, 9.17) is 33.2 Å². The highest BCUT2D eigenvalue weighted by molar-refractivity contribution is 5.73. The van der Waals surface area contributed by atoms with Gasteiger partial charge in [-0.2, -0.15) is 0 Å². The van der Waals surface area contributed by atoms with Crippen LogP contribution in [0.4, 0.5) is 10.1 Å². The number of anilines is 1.